The van der Waals surface area contributed by atoms with E-state index < -0.39 is 41.1 Å². The number of halogens is 5. The van der Waals surface area contributed by atoms with Crippen molar-refractivity contribution in [3.63, 3.8) is 0 Å². The summed E-state index contributed by atoms with van der Waals surface area (Å²) in [5, 5.41) is 9.18. The highest BCUT2D eigenvalue weighted by atomic mass is 35.5. The van der Waals surface area contributed by atoms with Crippen LogP contribution in [0.1, 0.15) is 40.2 Å². The van der Waals surface area contributed by atoms with Crippen LogP contribution in [0.4, 0.5) is 17.6 Å². The van der Waals surface area contributed by atoms with Crippen molar-refractivity contribution in [3.8, 4) is 11.1 Å². The number of hydrogen-bond donors (Lipinski definition) is 1. The first kappa shape index (κ1) is 24.5. The van der Waals surface area contributed by atoms with Crippen molar-refractivity contribution in [2.24, 2.45) is 7.05 Å². The molecule has 0 aliphatic heterocycles. The highest BCUT2D eigenvalue weighted by Gasteiger charge is 2.45. The third kappa shape index (κ3) is 4.55. The number of aromatic nitrogens is 1. The van der Waals surface area contributed by atoms with Gasteiger partial charge in [-0.2, -0.15) is 13.2 Å². The summed E-state index contributed by atoms with van der Waals surface area (Å²) in [7, 11) is 1.46. The minimum Gasteiger partial charge on any atom is -0.478 e. The number of carboxylic acid groups (broad SMARTS) is 1. The second kappa shape index (κ2) is 8.88. The van der Waals surface area contributed by atoms with Crippen molar-refractivity contribution < 1.29 is 31.9 Å². The van der Waals surface area contributed by atoms with Crippen molar-refractivity contribution in [3.05, 3.63) is 92.7 Å². The first-order chi connectivity index (χ1) is 16.4. The van der Waals surface area contributed by atoms with Crippen molar-refractivity contribution in [1.29, 1.82) is 0 Å². The molecule has 0 aliphatic carbocycles. The third-order valence-corrected chi connectivity index (χ3v) is 6.38. The van der Waals surface area contributed by atoms with E-state index in [1.165, 1.54) is 61.0 Å². The molecule has 0 bridgehead atoms. The molecule has 10 heteroatoms. The van der Waals surface area contributed by atoms with Crippen LogP contribution in [0.25, 0.3) is 22.2 Å². The SMILES string of the molecule is CC(c1ccc(-c2ccc(F)c(C(=O)O)c2)cc1Cl)C(c1ccc2c(c1)oc(=O)n2C)C(F)(F)F. The van der Waals surface area contributed by atoms with E-state index in [-0.39, 0.29) is 21.7 Å². The molecule has 182 valence electrons. The highest BCUT2D eigenvalue weighted by Crippen LogP contribution is 2.47. The third-order valence-electron chi connectivity index (χ3n) is 6.05. The van der Waals surface area contributed by atoms with Crippen molar-refractivity contribution in [1.82, 2.24) is 4.57 Å². The van der Waals surface area contributed by atoms with Gasteiger partial charge in [0.15, 0.2) is 5.58 Å². The number of carboxylic acids is 1. The number of rotatable bonds is 5. The first-order valence-electron chi connectivity index (χ1n) is 10.4. The van der Waals surface area contributed by atoms with Gasteiger partial charge in [-0.05, 0) is 58.5 Å². The van der Waals surface area contributed by atoms with E-state index >= 15 is 0 Å². The summed E-state index contributed by atoms with van der Waals surface area (Å²) >= 11 is 6.39. The lowest BCUT2D eigenvalue weighted by molar-refractivity contribution is -0.154. The lowest BCUT2D eigenvalue weighted by Crippen LogP contribution is -2.26. The Morgan fingerprint density at radius 2 is 1.71 bits per heavy atom. The average molecular weight is 508 g/mol. The molecule has 0 saturated heterocycles. The molecule has 0 aliphatic rings. The molecule has 3 aromatic carbocycles. The van der Waals surface area contributed by atoms with Gasteiger partial charge in [-0.3, -0.25) is 4.57 Å². The van der Waals surface area contributed by atoms with Crippen molar-refractivity contribution >= 4 is 28.7 Å². The lowest BCUT2D eigenvalue weighted by Gasteiger charge is -2.28. The number of alkyl halides is 3. The van der Waals surface area contributed by atoms with Gasteiger partial charge in [0.2, 0.25) is 0 Å². The fourth-order valence-electron chi connectivity index (χ4n) is 4.23. The van der Waals surface area contributed by atoms with Crippen LogP contribution in [0.3, 0.4) is 0 Å². The van der Waals surface area contributed by atoms with Gasteiger partial charge in [0, 0.05) is 12.1 Å². The van der Waals surface area contributed by atoms with E-state index in [2.05, 4.69) is 0 Å². The predicted molar refractivity (Wildman–Crippen MR) is 122 cm³/mol. The highest BCUT2D eigenvalue weighted by molar-refractivity contribution is 6.31. The van der Waals surface area contributed by atoms with Crippen molar-refractivity contribution in [2.75, 3.05) is 0 Å². The van der Waals surface area contributed by atoms with Crippen LogP contribution in [-0.2, 0) is 7.05 Å². The quantitative estimate of drug-likeness (QED) is 0.304. The molecule has 0 amide bonds. The molecule has 0 fully saturated rings. The standard InChI is InChI=1S/C25H18ClF4NO4/c1-12(22(25(28,29)30)15-5-8-20-21(11-15)35-24(34)31(20)2)16-6-3-14(10-18(16)26)13-4-7-19(27)17(9-13)23(32)33/h3-12,22H,1-2H3,(H,32,33). The Kier molecular flexibility index (Phi) is 6.23. The molecule has 0 spiro atoms. The summed E-state index contributed by atoms with van der Waals surface area (Å²) in [5.41, 5.74) is 0.783. The maximum Gasteiger partial charge on any atom is 0.419 e. The Bertz CT molecular complexity index is 1510. The predicted octanol–water partition coefficient (Wildman–Crippen LogP) is 6.74. The van der Waals surface area contributed by atoms with Gasteiger partial charge in [0.05, 0.1) is 17.0 Å². The summed E-state index contributed by atoms with van der Waals surface area (Å²) in [6.07, 6.45) is -4.64. The number of aryl methyl sites for hydroxylation is 1. The zero-order chi connectivity index (χ0) is 25.7. The van der Waals surface area contributed by atoms with Crippen LogP contribution in [0, 0.1) is 5.82 Å². The second-order valence-electron chi connectivity index (χ2n) is 8.20. The Labute approximate surface area is 201 Å². The monoisotopic (exact) mass is 507 g/mol. The van der Waals surface area contributed by atoms with E-state index in [1.807, 2.05) is 0 Å². The molecule has 1 aromatic heterocycles. The van der Waals surface area contributed by atoms with Crippen LogP contribution in [-0.4, -0.2) is 21.8 Å². The molecule has 0 radical (unpaired) electrons. The van der Waals surface area contributed by atoms with Gasteiger partial charge in [-0.15, -0.1) is 0 Å². The largest absolute Gasteiger partial charge is 0.478 e. The molecule has 4 aromatic rings. The van der Waals surface area contributed by atoms with Crippen LogP contribution in [0.5, 0.6) is 0 Å². The topological polar surface area (TPSA) is 72.4 Å². The number of fused-ring (bicyclic) bond motifs is 1. The van der Waals surface area contributed by atoms with Crippen molar-refractivity contribution in [2.45, 2.75) is 24.9 Å². The molecular formula is C25H18ClF4NO4. The molecule has 2 atom stereocenters. The average Bonchev–Trinajstić information content (AvgIpc) is 3.05. The zero-order valence-corrected chi connectivity index (χ0v) is 19.1. The summed E-state index contributed by atoms with van der Waals surface area (Å²) in [4.78, 5) is 23.0. The minimum absolute atomic E-state index is 0.0396. The van der Waals surface area contributed by atoms with E-state index in [1.54, 1.807) is 0 Å². The van der Waals surface area contributed by atoms with E-state index in [4.69, 9.17) is 21.1 Å². The smallest absolute Gasteiger partial charge is 0.419 e. The Hall–Kier alpha value is -3.59. The first-order valence-corrected chi connectivity index (χ1v) is 10.7. The van der Waals surface area contributed by atoms with Gasteiger partial charge in [0.25, 0.3) is 0 Å². The van der Waals surface area contributed by atoms with Gasteiger partial charge in [-0.25, -0.2) is 14.0 Å². The van der Waals surface area contributed by atoms with E-state index in [9.17, 15) is 27.2 Å². The second-order valence-corrected chi connectivity index (χ2v) is 8.61. The normalized spacial score (nSPS) is 13.7. The van der Waals surface area contributed by atoms with Crippen LogP contribution < -0.4 is 5.76 Å². The van der Waals surface area contributed by atoms with Gasteiger partial charge >= 0.3 is 17.9 Å². The number of carbonyl (C=O) groups is 1. The van der Waals surface area contributed by atoms with Crippen LogP contribution in [0.15, 0.2) is 63.8 Å². The van der Waals surface area contributed by atoms with E-state index in [0.29, 0.717) is 16.6 Å². The number of benzene rings is 3. The molecule has 1 N–H and O–H groups in total. The number of hydrogen-bond acceptors (Lipinski definition) is 3. The molecule has 35 heavy (non-hydrogen) atoms. The maximum atomic E-state index is 14.2. The Morgan fingerprint density at radius 1 is 1.06 bits per heavy atom. The van der Waals surface area contributed by atoms with Gasteiger partial charge < -0.3 is 9.52 Å². The molecule has 0 saturated carbocycles. The minimum atomic E-state index is -4.64. The van der Waals surface area contributed by atoms with Crippen LogP contribution >= 0.6 is 11.6 Å². The zero-order valence-electron chi connectivity index (χ0n) is 18.4. The number of nitrogens with zero attached hydrogens (tertiary/aromatic N) is 1. The van der Waals surface area contributed by atoms with Gasteiger partial charge in [-0.1, -0.05) is 42.8 Å². The lowest BCUT2D eigenvalue weighted by atomic mass is 9.81. The summed E-state index contributed by atoms with van der Waals surface area (Å²) in [5.74, 6) is -6.10. The Balaban J connectivity index is 1.75. The molecule has 1 heterocycles. The molecule has 5 nitrogen and oxygen atoms in total. The maximum absolute atomic E-state index is 14.2. The number of oxazole rings is 1. The fourth-order valence-corrected chi connectivity index (χ4v) is 4.58. The van der Waals surface area contributed by atoms with Gasteiger partial charge in [0.1, 0.15) is 5.82 Å². The van der Waals surface area contributed by atoms with Crippen LogP contribution in [0.2, 0.25) is 5.02 Å². The fraction of sp³-hybridized carbons (Fsp3) is 0.200. The summed E-state index contributed by atoms with van der Waals surface area (Å²) in [6.45, 7) is 1.39. The Morgan fingerprint density at radius 3 is 2.34 bits per heavy atom. The number of aromatic carboxylic acids is 1. The molecule has 4 rings (SSSR count). The van der Waals surface area contributed by atoms with E-state index in [0.717, 1.165) is 12.1 Å². The summed E-state index contributed by atoms with van der Waals surface area (Å²) < 4.78 is 62.7. The molecule has 2 unspecified atom stereocenters. The summed E-state index contributed by atoms with van der Waals surface area (Å²) in [6, 6.07) is 11.8. The molecular weight excluding hydrogens is 490 g/mol.